The van der Waals surface area contributed by atoms with E-state index in [2.05, 4.69) is 20.8 Å². The molecule has 2 saturated carbocycles. The Hall–Kier alpha value is -0.0800. The van der Waals surface area contributed by atoms with E-state index in [1.54, 1.807) is 0 Å². The summed E-state index contributed by atoms with van der Waals surface area (Å²) in [7, 11) is 0. The average molecular weight is 169 g/mol. The molecule has 0 aromatic heterocycles. The lowest BCUT2D eigenvalue weighted by Gasteiger charge is -2.39. The maximum atomic E-state index is 9.90. The normalized spacial score (nSPS) is 56.2. The summed E-state index contributed by atoms with van der Waals surface area (Å²) in [6.07, 6.45) is 2.76. The highest BCUT2D eigenvalue weighted by Crippen LogP contribution is 2.66. The maximum absolute atomic E-state index is 9.90. The van der Waals surface area contributed by atoms with Crippen molar-refractivity contribution in [1.82, 2.24) is 0 Å². The van der Waals surface area contributed by atoms with E-state index in [4.69, 9.17) is 5.73 Å². The van der Waals surface area contributed by atoms with Crippen molar-refractivity contribution < 1.29 is 5.11 Å². The van der Waals surface area contributed by atoms with E-state index in [0.717, 1.165) is 19.3 Å². The van der Waals surface area contributed by atoms with Gasteiger partial charge in [0.2, 0.25) is 0 Å². The fraction of sp³-hybridized carbons (Fsp3) is 1.00. The summed E-state index contributed by atoms with van der Waals surface area (Å²) in [5.74, 6) is 0. The van der Waals surface area contributed by atoms with Crippen molar-refractivity contribution >= 4 is 0 Å². The first-order chi connectivity index (χ1) is 5.33. The van der Waals surface area contributed by atoms with Crippen LogP contribution in [-0.4, -0.2) is 16.7 Å². The van der Waals surface area contributed by atoms with E-state index in [-0.39, 0.29) is 22.5 Å². The third-order valence-electron chi connectivity index (χ3n) is 5.06. The lowest BCUT2D eigenvalue weighted by Crippen LogP contribution is -2.47. The fourth-order valence-corrected chi connectivity index (χ4v) is 3.19. The Labute approximate surface area is 74.1 Å². The van der Waals surface area contributed by atoms with Gasteiger partial charge in [-0.15, -0.1) is 0 Å². The first kappa shape index (κ1) is 8.52. The monoisotopic (exact) mass is 169 g/mol. The second-order valence-electron chi connectivity index (χ2n) is 5.42. The number of nitrogens with two attached hydrogens (primary N) is 1. The summed E-state index contributed by atoms with van der Waals surface area (Å²) >= 11 is 0. The third kappa shape index (κ3) is 0.612. The van der Waals surface area contributed by atoms with Crippen LogP contribution < -0.4 is 5.73 Å². The number of fused-ring (bicyclic) bond motifs is 2. The Morgan fingerprint density at radius 1 is 1.25 bits per heavy atom. The highest BCUT2D eigenvalue weighted by molar-refractivity contribution is 5.21. The lowest BCUT2D eigenvalue weighted by atomic mass is 9.68. The predicted octanol–water partition coefficient (Wildman–Crippen LogP) is 1.27. The number of hydrogen-bond donors (Lipinski definition) is 2. The molecule has 0 heterocycles. The van der Waals surface area contributed by atoms with Crippen molar-refractivity contribution in [3.63, 3.8) is 0 Å². The molecule has 70 valence electrons. The minimum absolute atomic E-state index is 0.0573. The van der Waals surface area contributed by atoms with E-state index in [1.807, 2.05) is 0 Å². The molecule has 0 aliphatic heterocycles. The zero-order valence-electron chi connectivity index (χ0n) is 8.22. The Balaban J connectivity index is 2.49. The molecule has 0 aromatic rings. The van der Waals surface area contributed by atoms with Crippen LogP contribution in [0.3, 0.4) is 0 Å². The largest absolute Gasteiger partial charge is 0.392 e. The number of hydrogen-bond acceptors (Lipinski definition) is 2. The van der Waals surface area contributed by atoms with Gasteiger partial charge in [0.1, 0.15) is 0 Å². The zero-order valence-corrected chi connectivity index (χ0v) is 8.22. The molecule has 2 heteroatoms. The van der Waals surface area contributed by atoms with Crippen LogP contribution in [0, 0.1) is 10.8 Å². The highest BCUT2D eigenvalue weighted by atomic mass is 16.3. The van der Waals surface area contributed by atoms with E-state index in [9.17, 15) is 5.11 Å². The SMILES string of the molecule is CC1(C)[C@@]2(N)CC[C@@]1(C)[C@@H](O)C2. The van der Waals surface area contributed by atoms with Gasteiger partial charge in [-0.25, -0.2) is 0 Å². The lowest BCUT2D eigenvalue weighted by molar-refractivity contribution is 0.0124. The van der Waals surface area contributed by atoms with Gasteiger partial charge in [-0.2, -0.15) is 0 Å². The van der Waals surface area contributed by atoms with Gasteiger partial charge >= 0.3 is 0 Å². The summed E-state index contributed by atoms with van der Waals surface area (Å²) in [4.78, 5) is 0. The Morgan fingerprint density at radius 2 is 1.83 bits per heavy atom. The van der Waals surface area contributed by atoms with Crippen molar-refractivity contribution in [1.29, 1.82) is 0 Å². The van der Waals surface area contributed by atoms with Crippen molar-refractivity contribution in [2.75, 3.05) is 0 Å². The Morgan fingerprint density at radius 3 is 2.00 bits per heavy atom. The van der Waals surface area contributed by atoms with Gasteiger partial charge < -0.3 is 10.8 Å². The molecule has 3 atom stereocenters. The van der Waals surface area contributed by atoms with E-state index in [1.165, 1.54) is 0 Å². The first-order valence-corrected chi connectivity index (χ1v) is 4.80. The molecule has 0 unspecified atom stereocenters. The number of aliphatic hydroxyl groups excluding tert-OH is 1. The van der Waals surface area contributed by atoms with Gasteiger partial charge in [0.25, 0.3) is 0 Å². The fourth-order valence-electron chi connectivity index (χ4n) is 3.19. The molecule has 0 amide bonds. The van der Waals surface area contributed by atoms with Gasteiger partial charge in [0.05, 0.1) is 6.10 Å². The highest BCUT2D eigenvalue weighted by Gasteiger charge is 2.67. The third-order valence-corrected chi connectivity index (χ3v) is 5.06. The molecule has 0 spiro atoms. The quantitative estimate of drug-likeness (QED) is 0.573. The van der Waals surface area contributed by atoms with Gasteiger partial charge in [-0.3, -0.25) is 0 Å². The molecule has 2 fully saturated rings. The van der Waals surface area contributed by atoms with Gasteiger partial charge in [-0.1, -0.05) is 20.8 Å². The predicted molar refractivity (Wildman–Crippen MR) is 48.7 cm³/mol. The molecule has 2 nitrogen and oxygen atoms in total. The summed E-state index contributed by atoms with van der Waals surface area (Å²) in [6.45, 7) is 6.59. The zero-order chi connectivity index (χ0) is 9.20. The van der Waals surface area contributed by atoms with Crippen LogP contribution >= 0.6 is 0 Å². The van der Waals surface area contributed by atoms with E-state index >= 15 is 0 Å². The molecular formula is C10H19NO. The Bertz CT molecular complexity index is 223. The van der Waals surface area contributed by atoms with Crippen LogP contribution in [0.2, 0.25) is 0 Å². The van der Waals surface area contributed by atoms with E-state index in [0.29, 0.717) is 0 Å². The van der Waals surface area contributed by atoms with Crippen molar-refractivity contribution in [2.45, 2.75) is 51.7 Å². The van der Waals surface area contributed by atoms with Crippen molar-refractivity contribution in [2.24, 2.45) is 16.6 Å². The summed E-state index contributed by atoms with van der Waals surface area (Å²) < 4.78 is 0. The van der Waals surface area contributed by atoms with Crippen molar-refractivity contribution in [3.05, 3.63) is 0 Å². The minimum atomic E-state index is -0.189. The van der Waals surface area contributed by atoms with Gasteiger partial charge in [0.15, 0.2) is 0 Å². The smallest absolute Gasteiger partial charge is 0.0617 e. The second kappa shape index (κ2) is 1.88. The average Bonchev–Trinajstić information content (AvgIpc) is 2.18. The molecule has 12 heavy (non-hydrogen) atoms. The van der Waals surface area contributed by atoms with Crippen LogP contribution in [0.1, 0.15) is 40.0 Å². The number of rotatable bonds is 0. The molecule has 0 radical (unpaired) electrons. The van der Waals surface area contributed by atoms with Gasteiger partial charge in [0, 0.05) is 11.0 Å². The van der Waals surface area contributed by atoms with Crippen LogP contribution in [0.5, 0.6) is 0 Å². The molecule has 0 aromatic carbocycles. The molecule has 2 rings (SSSR count). The van der Waals surface area contributed by atoms with Gasteiger partial charge in [-0.05, 0) is 24.7 Å². The molecule has 2 bridgehead atoms. The summed E-state index contributed by atoms with van der Waals surface area (Å²) in [5, 5.41) is 9.90. The van der Waals surface area contributed by atoms with Crippen molar-refractivity contribution in [3.8, 4) is 0 Å². The molecule has 0 saturated heterocycles. The molecular weight excluding hydrogens is 150 g/mol. The standard InChI is InChI=1S/C10H19NO/c1-8(2)9(3)4-5-10(8,11)6-7(9)12/h7,12H,4-6,11H2,1-3H3/t7-,9-,10+/m0/s1. The molecule has 3 N–H and O–H groups in total. The second-order valence-corrected chi connectivity index (χ2v) is 5.42. The minimum Gasteiger partial charge on any atom is -0.392 e. The van der Waals surface area contributed by atoms with Crippen LogP contribution in [0.15, 0.2) is 0 Å². The van der Waals surface area contributed by atoms with Crippen LogP contribution in [0.25, 0.3) is 0 Å². The van der Waals surface area contributed by atoms with E-state index < -0.39 is 0 Å². The molecule has 2 aliphatic carbocycles. The van der Waals surface area contributed by atoms with Crippen LogP contribution in [0.4, 0.5) is 0 Å². The maximum Gasteiger partial charge on any atom is 0.0617 e. The summed E-state index contributed by atoms with van der Waals surface area (Å²) in [6, 6.07) is 0. The summed E-state index contributed by atoms with van der Waals surface area (Å²) in [5.41, 5.74) is 6.34. The van der Waals surface area contributed by atoms with Crippen LogP contribution in [-0.2, 0) is 0 Å². The topological polar surface area (TPSA) is 46.2 Å². The molecule has 2 aliphatic rings. The number of aliphatic hydroxyl groups is 1. The Kier molecular flexibility index (Phi) is 1.33. The first-order valence-electron chi connectivity index (χ1n) is 4.80.